The van der Waals surface area contributed by atoms with Gasteiger partial charge >= 0.3 is 0 Å². The van der Waals surface area contributed by atoms with Crippen molar-refractivity contribution < 1.29 is 9.53 Å². The van der Waals surface area contributed by atoms with E-state index >= 15 is 0 Å². The monoisotopic (exact) mass is 350 g/mol. The third-order valence-corrected chi connectivity index (χ3v) is 4.36. The molecule has 132 valence electrons. The van der Waals surface area contributed by atoms with Crippen LogP contribution in [0, 0.1) is 0 Å². The number of morpholine rings is 1. The Morgan fingerprint density at radius 2 is 1.96 bits per heavy atom. The van der Waals surface area contributed by atoms with Gasteiger partial charge in [-0.1, -0.05) is 18.2 Å². The number of pyridine rings is 2. The maximum Gasteiger partial charge on any atom is 0.257 e. The van der Waals surface area contributed by atoms with Gasteiger partial charge in [-0.2, -0.15) is 0 Å². The molecule has 1 amide bonds. The van der Waals surface area contributed by atoms with Crippen molar-refractivity contribution in [3.8, 4) is 0 Å². The summed E-state index contributed by atoms with van der Waals surface area (Å²) in [5, 5.41) is 3.45. The average Bonchev–Trinajstić information content (AvgIpc) is 2.68. The molecule has 0 bridgehead atoms. The SMILES string of the molecule is O=C(Nc1ccc(N2CCOCC2)cn1)c1cc(=O)[nH]c2ccccc12. The Hall–Kier alpha value is -3.19. The number of amides is 1. The molecule has 7 nitrogen and oxygen atoms in total. The molecule has 0 aliphatic carbocycles. The van der Waals surface area contributed by atoms with Crippen molar-refractivity contribution in [2.75, 3.05) is 36.5 Å². The van der Waals surface area contributed by atoms with Crippen molar-refractivity contribution in [2.24, 2.45) is 0 Å². The topological polar surface area (TPSA) is 87.3 Å². The van der Waals surface area contributed by atoms with Gasteiger partial charge in [0.15, 0.2) is 0 Å². The molecule has 1 aliphatic heterocycles. The number of aromatic amines is 1. The van der Waals surface area contributed by atoms with E-state index in [-0.39, 0.29) is 11.5 Å². The van der Waals surface area contributed by atoms with Crippen LogP contribution in [0.3, 0.4) is 0 Å². The van der Waals surface area contributed by atoms with Gasteiger partial charge in [0.2, 0.25) is 5.56 Å². The van der Waals surface area contributed by atoms with Crippen molar-refractivity contribution in [1.82, 2.24) is 9.97 Å². The number of hydrogen-bond acceptors (Lipinski definition) is 5. The number of para-hydroxylation sites is 1. The minimum absolute atomic E-state index is 0.315. The van der Waals surface area contributed by atoms with Crippen LogP contribution in [-0.2, 0) is 4.74 Å². The van der Waals surface area contributed by atoms with Gasteiger partial charge in [0.05, 0.1) is 30.7 Å². The Labute approximate surface area is 149 Å². The van der Waals surface area contributed by atoms with E-state index in [1.165, 1.54) is 6.07 Å². The van der Waals surface area contributed by atoms with E-state index in [1.54, 1.807) is 24.4 Å². The molecule has 0 atom stereocenters. The van der Waals surface area contributed by atoms with Gasteiger partial charge in [-0.05, 0) is 18.2 Å². The van der Waals surface area contributed by atoms with Crippen LogP contribution in [0.4, 0.5) is 11.5 Å². The summed E-state index contributed by atoms with van der Waals surface area (Å²) in [7, 11) is 0. The number of benzene rings is 1. The number of hydrogen-bond donors (Lipinski definition) is 2. The standard InChI is InChI=1S/C19H18N4O3/c24-18-11-15(14-3-1-2-4-16(14)21-18)19(25)22-17-6-5-13(12-20-17)23-7-9-26-10-8-23/h1-6,11-12H,7-10H2,(H,21,24)(H,20,22,25). The molecule has 1 aromatic carbocycles. The van der Waals surface area contributed by atoms with Crippen LogP contribution in [0.1, 0.15) is 10.4 Å². The minimum Gasteiger partial charge on any atom is -0.378 e. The highest BCUT2D eigenvalue weighted by Gasteiger charge is 2.14. The van der Waals surface area contributed by atoms with Crippen LogP contribution in [0.5, 0.6) is 0 Å². The number of H-pyrrole nitrogens is 1. The van der Waals surface area contributed by atoms with E-state index < -0.39 is 0 Å². The minimum atomic E-state index is -0.362. The highest BCUT2D eigenvalue weighted by Crippen LogP contribution is 2.19. The molecule has 0 radical (unpaired) electrons. The first-order chi connectivity index (χ1) is 12.7. The maximum atomic E-state index is 12.6. The van der Waals surface area contributed by atoms with Crippen molar-refractivity contribution >= 4 is 28.3 Å². The highest BCUT2D eigenvalue weighted by molar-refractivity contribution is 6.11. The van der Waals surface area contributed by atoms with Crippen LogP contribution in [-0.4, -0.2) is 42.2 Å². The van der Waals surface area contributed by atoms with Crippen LogP contribution < -0.4 is 15.8 Å². The fraction of sp³-hybridized carbons (Fsp3) is 0.211. The van der Waals surface area contributed by atoms with Crippen LogP contribution in [0.2, 0.25) is 0 Å². The number of fused-ring (bicyclic) bond motifs is 1. The fourth-order valence-corrected chi connectivity index (χ4v) is 3.04. The van der Waals surface area contributed by atoms with Crippen LogP contribution in [0.15, 0.2) is 53.5 Å². The van der Waals surface area contributed by atoms with Gasteiger partial charge in [0.25, 0.3) is 5.91 Å². The lowest BCUT2D eigenvalue weighted by Crippen LogP contribution is -2.36. The Kier molecular flexibility index (Phi) is 4.37. The molecule has 3 aromatic rings. The number of ether oxygens (including phenoxy) is 1. The lowest BCUT2D eigenvalue weighted by atomic mass is 10.1. The van der Waals surface area contributed by atoms with Crippen molar-refractivity contribution in [2.45, 2.75) is 0 Å². The molecule has 1 fully saturated rings. The largest absolute Gasteiger partial charge is 0.378 e. The van der Waals surface area contributed by atoms with Gasteiger partial charge in [-0.25, -0.2) is 4.98 Å². The lowest BCUT2D eigenvalue weighted by Gasteiger charge is -2.28. The molecule has 4 rings (SSSR count). The molecule has 0 spiro atoms. The summed E-state index contributed by atoms with van der Waals surface area (Å²) in [4.78, 5) is 33.7. The van der Waals surface area contributed by atoms with Gasteiger partial charge < -0.3 is 19.9 Å². The van der Waals surface area contributed by atoms with Crippen molar-refractivity contribution in [3.05, 3.63) is 64.6 Å². The number of anilines is 2. The summed E-state index contributed by atoms with van der Waals surface area (Å²) in [6.07, 6.45) is 1.73. The zero-order valence-electron chi connectivity index (χ0n) is 14.1. The summed E-state index contributed by atoms with van der Waals surface area (Å²) in [5.41, 5.74) is 1.63. The van der Waals surface area contributed by atoms with Crippen LogP contribution in [0.25, 0.3) is 10.9 Å². The average molecular weight is 350 g/mol. The van der Waals surface area contributed by atoms with E-state index in [4.69, 9.17) is 4.74 Å². The molecule has 1 saturated heterocycles. The molecule has 2 aromatic heterocycles. The number of aromatic nitrogens is 2. The predicted molar refractivity (Wildman–Crippen MR) is 99.8 cm³/mol. The quantitative estimate of drug-likeness (QED) is 0.754. The van der Waals surface area contributed by atoms with Gasteiger partial charge in [-0.3, -0.25) is 9.59 Å². The molecular weight excluding hydrogens is 332 g/mol. The summed E-state index contributed by atoms with van der Waals surface area (Å²) in [5.74, 6) is 0.0790. The number of rotatable bonds is 3. The zero-order chi connectivity index (χ0) is 17.9. The second-order valence-corrected chi connectivity index (χ2v) is 6.05. The number of nitrogens with zero attached hydrogens (tertiary/aromatic N) is 2. The number of carbonyl (C=O) groups excluding carboxylic acids is 1. The summed E-state index contributed by atoms with van der Waals surface area (Å²) < 4.78 is 5.34. The summed E-state index contributed by atoms with van der Waals surface area (Å²) >= 11 is 0. The normalized spacial score (nSPS) is 14.4. The van der Waals surface area contributed by atoms with Crippen molar-refractivity contribution in [3.63, 3.8) is 0 Å². The third-order valence-electron chi connectivity index (χ3n) is 4.36. The van der Waals surface area contributed by atoms with Gasteiger partial charge in [-0.15, -0.1) is 0 Å². The van der Waals surface area contributed by atoms with E-state index in [9.17, 15) is 9.59 Å². The first-order valence-electron chi connectivity index (χ1n) is 8.43. The first kappa shape index (κ1) is 16.3. The lowest BCUT2D eigenvalue weighted by molar-refractivity contribution is 0.102. The molecule has 0 saturated carbocycles. The second kappa shape index (κ2) is 6.97. The Morgan fingerprint density at radius 3 is 2.73 bits per heavy atom. The van der Waals surface area contributed by atoms with E-state index in [2.05, 4.69) is 20.2 Å². The van der Waals surface area contributed by atoms with E-state index in [0.717, 1.165) is 18.8 Å². The molecule has 3 heterocycles. The van der Waals surface area contributed by atoms with E-state index in [0.29, 0.717) is 35.5 Å². The third kappa shape index (κ3) is 3.29. The Bertz CT molecular complexity index is 992. The molecule has 7 heteroatoms. The molecule has 0 unspecified atom stereocenters. The number of carbonyl (C=O) groups is 1. The molecular formula is C19H18N4O3. The first-order valence-corrected chi connectivity index (χ1v) is 8.43. The van der Waals surface area contributed by atoms with Crippen LogP contribution >= 0.6 is 0 Å². The summed E-state index contributed by atoms with van der Waals surface area (Å²) in [6.45, 7) is 3.06. The zero-order valence-corrected chi connectivity index (χ0v) is 14.1. The fourth-order valence-electron chi connectivity index (χ4n) is 3.04. The predicted octanol–water partition coefficient (Wildman–Crippen LogP) is 2.01. The Balaban J connectivity index is 1.56. The smallest absolute Gasteiger partial charge is 0.257 e. The highest BCUT2D eigenvalue weighted by atomic mass is 16.5. The maximum absolute atomic E-state index is 12.6. The molecule has 2 N–H and O–H groups in total. The second-order valence-electron chi connectivity index (χ2n) is 6.05. The molecule has 26 heavy (non-hydrogen) atoms. The Morgan fingerprint density at radius 1 is 1.15 bits per heavy atom. The van der Waals surface area contributed by atoms with Crippen molar-refractivity contribution in [1.29, 1.82) is 0 Å². The molecule has 1 aliphatic rings. The van der Waals surface area contributed by atoms with Gasteiger partial charge in [0.1, 0.15) is 5.82 Å². The van der Waals surface area contributed by atoms with E-state index in [1.807, 2.05) is 18.2 Å². The summed E-state index contributed by atoms with van der Waals surface area (Å²) in [6, 6.07) is 12.2. The van der Waals surface area contributed by atoms with Gasteiger partial charge in [0, 0.05) is 30.1 Å². The number of nitrogens with one attached hydrogen (secondary N) is 2.